The van der Waals surface area contributed by atoms with Crippen molar-refractivity contribution in [2.45, 2.75) is 26.1 Å². The number of hydrogen-bond acceptors (Lipinski definition) is 6. The molecule has 0 saturated heterocycles. The summed E-state index contributed by atoms with van der Waals surface area (Å²) < 4.78 is 51.0. The fourth-order valence-electron chi connectivity index (χ4n) is 4.33. The van der Waals surface area contributed by atoms with Crippen molar-refractivity contribution in [1.29, 1.82) is 0 Å². The first kappa shape index (κ1) is 27.7. The van der Waals surface area contributed by atoms with Crippen molar-refractivity contribution >= 4 is 22.6 Å². The molecule has 1 amide bonds. The van der Waals surface area contributed by atoms with Crippen LogP contribution in [0.2, 0.25) is 0 Å². The molecule has 39 heavy (non-hydrogen) atoms. The van der Waals surface area contributed by atoms with Crippen LogP contribution < -0.4 is 14.8 Å². The Bertz CT molecular complexity index is 1540. The lowest BCUT2D eigenvalue weighted by atomic mass is 9.99. The molecule has 0 radical (unpaired) electrons. The van der Waals surface area contributed by atoms with E-state index in [-0.39, 0.29) is 5.91 Å². The maximum absolute atomic E-state index is 13.3. The second-order valence-electron chi connectivity index (χ2n) is 9.29. The zero-order valence-electron chi connectivity index (χ0n) is 22.5. The van der Waals surface area contributed by atoms with Crippen molar-refractivity contribution < 1.29 is 27.4 Å². The first-order valence-corrected chi connectivity index (χ1v) is 12.1. The van der Waals surface area contributed by atoms with Gasteiger partial charge in [0.2, 0.25) is 0 Å². The molecular weight excluding hydrogens is 509 g/mol. The Morgan fingerprint density at radius 3 is 2.33 bits per heavy atom. The first-order valence-electron chi connectivity index (χ1n) is 12.1. The van der Waals surface area contributed by atoms with E-state index in [0.717, 1.165) is 17.7 Å². The average Bonchev–Trinajstić information content (AvgIpc) is 2.91. The lowest BCUT2D eigenvalue weighted by Crippen LogP contribution is -2.22. The molecule has 1 heterocycles. The first-order chi connectivity index (χ1) is 18.4. The predicted molar refractivity (Wildman–Crippen MR) is 144 cm³/mol. The number of aryl methyl sites for hydroxylation is 1. The summed E-state index contributed by atoms with van der Waals surface area (Å²) >= 11 is 0. The maximum atomic E-state index is 13.3. The quantitative estimate of drug-likeness (QED) is 0.289. The summed E-state index contributed by atoms with van der Waals surface area (Å²) in [4.78, 5) is 23.1. The van der Waals surface area contributed by atoms with Gasteiger partial charge in [-0.25, -0.2) is 9.97 Å². The van der Waals surface area contributed by atoms with Crippen LogP contribution in [0.25, 0.3) is 22.0 Å². The molecule has 0 aliphatic rings. The highest BCUT2D eigenvalue weighted by Gasteiger charge is 2.30. The SMILES string of the molecule is COc1cc(-c2cc3c(N[C@@H](C)c4cccc(C(F)(F)F)c4)nc(C)nc3cc2OC)ccc1C(=O)N(C)C. The zero-order chi connectivity index (χ0) is 28.5. The molecule has 3 aromatic carbocycles. The van der Waals surface area contributed by atoms with E-state index in [1.807, 2.05) is 6.07 Å². The van der Waals surface area contributed by atoms with Crippen LogP contribution >= 0.6 is 0 Å². The number of nitrogens with zero attached hydrogens (tertiary/aromatic N) is 3. The van der Waals surface area contributed by atoms with E-state index in [1.165, 1.54) is 18.1 Å². The van der Waals surface area contributed by atoms with Crippen LogP contribution in [0.15, 0.2) is 54.6 Å². The largest absolute Gasteiger partial charge is 0.496 e. The number of hydrogen-bond donors (Lipinski definition) is 1. The number of ether oxygens (including phenoxy) is 2. The molecule has 0 fully saturated rings. The molecule has 1 N–H and O–H groups in total. The van der Waals surface area contributed by atoms with E-state index < -0.39 is 17.8 Å². The van der Waals surface area contributed by atoms with Crippen LogP contribution in [0.1, 0.15) is 40.3 Å². The number of methoxy groups -OCH3 is 2. The molecule has 7 nitrogen and oxygen atoms in total. The van der Waals surface area contributed by atoms with Gasteiger partial charge in [-0.1, -0.05) is 18.2 Å². The summed E-state index contributed by atoms with van der Waals surface area (Å²) in [5, 5.41) is 3.92. The fraction of sp³-hybridized carbons (Fsp3) is 0.276. The monoisotopic (exact) mass is 538 g/mol. The summed E-state index contributed by atoms with van der Waals surface area (Å²) in [6, 6.07) is 13.6. The number of carbonyl (C=O) groups is 1. The van der Waals surface area contributed by atoms with Crippen molar-refractivity contribution in [2.75, 3.05) is 33.6 Å². The van der Waals surface area contributed by atoms with Crippen LogP contribution in [-0.2, 0) is 6.18 Å². The van der Waals surface area contributed by atoms with Gasteiger partial charge < -0.3 is 19.7 Å². The minimum absolute atomic E-state index is 0.192. The Hall–Kier alpha value is -4.34. The highest BCUT2D eigenvalue weighted by atomic mass is 19.4. The lowest BCUT2D eigenvalue weighted by Gasteiger charge is -2.19. The van der Waals surface area contributed by atoms with E-state index in [0.29, 0.717) is 50.7 Å². The van der Waals surface area contributed by atoms with Crippen molar-refractivity contribution in [3.63, 3.8) is 0 Å². The number of rotatable bonds is 7. The summed E-state index contributed by atoms with van der Waals surface area (Å²) in [7, 11) is 6.38. The van der Waals surface area contributed by atoms with E-state index in [2.05, 4.69) is 15.3 Å². The van der Waals surface area contributed by atoms with Crippen molar-refractivity contribution in [3.05, 3.63) is 77.1 Å². The van der Waals surface area contributed by atoms with Crippen LogP contribution in [0.5, 0.6) is 11.5 Å². The number of alkyl halides is 3. The van der Waals surface area contributed by atoms with E-state index in [1.54, 1.807) is 65.4 Å². The van der Waals surface area contributed by atoms with Crippen molar-refractivity contribution in [3.8, 4) is 22.6 Å². The van der Waals surface area contributed by atoms with Gasteiger partial charge in [-0.05, 0) is 55.3 Å². The number of fused-ring (bicyclic) bond motifs is 1. The smallest absolute Gasteiger partial charge is 0.416 e. The Kier molecular flexibility index (Phi) is 7.67. The summed E-state index contributed by atoms with van der Waals surface area (Å²) in [5.74, 6) is 1.72. The molecule has 10 heteroatoms. The van der Waals surface area contributed by atoms with Crippen molar-refractivity contribution in [2.24, 2.45) is 0 Å². The fourth-order valence-corrected chi connectivity index (χ4v) is 4.33. The highest BCUT2D eigenvalue weighted by molar-refractivity contribution is 5.99. The predicted octanol–water partition coefficient (Wildman–Crippen LogP) is 6.52. The number of halogens is 3. The minimum atomic E-state index is -4.44. The van der Waals surface area contributed by atoms with Gasteiger partial charge in [0, 0.05) is 37.2 Å². The third-order valence-electron chi connectivity index (χ3n) is 6.35. The Labute approximate surface area is 224 Å². The molecule has 0 bridgehead atoms. The standard InChI is InChI=1S/C29H29F3N4O3/c1-16(18-8-7-9-20(12-18)29(30,31)32)33-27-23-14-22(26(39-6)15-24(23)34-17(2)35-27)19-10-11-21(25(13-19)38-5)28(37)36(3)4/h7-16H,1-6H3,(H,33,34,35)/t16-/m0/s1. The molecule has 0 aliphatic carbocycles. The molecular formula is C29H29F3N4O3. The van der Waals surface area contributed by atoms with Gasteiger partial charge in [-0.3, -0.25) is 4.79 Å². The minimum Gasteiger partial charge on any atom is -0.496 e. The number of anilines is 1. The molecule has 1 atom stereocenters. The normalized spacial score (nSPS) is 12.2. The average molecular weight is 539 g/mol. The van der Waals surface area contributed by atoms with Gasteiger partial charge in [-0.2, -0.15) is 13.2 Å². The van der Waals surface area contributed by atoms with E-state index >= 15 is 0 Å². The molecule has 1 aromatic heterocycles. The lowest BCUT2D eigenvalue weighted by molar-refractivity contribution is -0.137. The number of amides is 1. The van der Waals surface area contributed by atoms with Gasteiger partial charge in [-0.15, -0.1) is 0 Å². The van der Waals surface area contributed by atoms with E-state index in [9.17, 15) is 18.0 Å². The third-order valence-corrected chi connectivity index (χ3v) is 6.35. The van der Waals surface area contributed by atoms with E-state index in [4.69, 9.17) is 9.47 Å². The van der Waals surface area contributed by atoms with Crippen molar-refractivity contribution in [1.82, 2.24) is 14.9 Å². The number of nitrogens with one attached hydrogen (secondary N) is 1. The molecule has 4 aromatic rings. The highest BCUT2D eigenvalue weighted by Crippen LogP contribution is 2.39. The number of benzene rings is 3. The summed E-state index contributed by atoms with van der Waals surface area (Å²) in [5.41, 5.74) is 2.21. The maximum Gasteiger partial charge on any atom is 0.416 e. The number of carbonyl (C=O) groups excluding carboxylic acids is 1. The molecule has 0 aliphatic heterocycles. The molecule has 0 unspecified atom stereocenters. The molecule has 0 spiro atoms. The third kappa shape index (κ3) is 5.74. The Morgan fingerprint density at radius 1 is 0.974 bits per heavy atom. The van der Waals surface area contributed by atoms with Gasteiger partial charge in [0.15, 0.2) is 0 Å². The van der Waals surface area contributed by atoms with Gasteiger partial charge in [0.1, 0.15) is 23.1 Å². The number of aromatic nitrogens is 2. The topological polar surface area (TPSA) is 76.6 Å². The van der Waals surface area contributed by atoms with Gasteiger partial charge >= 0.3 is 6.18 Å². The van der Waals surface area contributed by atoms with Crippen LogP contribution in [-0.4, -0.2) is 49.1 Å². The second-order valence-corrected chi connectivity index (χ2v) is 9.29. The zero-order valence-corrected chi connectivity index (χ0v) is 22.5. The summed E-state index contributed by atoms with van der Waals surface area (Å²) in [6.07, 6.45) is -4.44. The molecule has 4 rings (SSSR count). The Balaban J connectivity index is 1.81. The Morgan fingerprint density at radius 2 is 1.69 bits per heavy atom. The summed E-state index contributed by atoms with van der Waals surface area (Å²) in [6.45, 7) is 3.51. The van der Waals surface area contributed by atoms with Crippen LogP contribution in [0, 0.1) is 6.92 Å². The molecule has 204 valence electrons. The van der Waals surface area contributed by atoms with Gasteiger partial charge in [0.05, 0.1) is 30.9 Å². The van der Waals surface area contributed by atoms with Crippen LogP contribution in [0.3, 0.4) is 0 Å². The molecule has 0 saturated carbocycles. The second kappa shape index (κ2) is 10.8. The van der Waals surface area contributed by atoms with Gasteiger partial charge in [0.25, 0.3) is 5.91 Å². The van der Waals surface area contributed by atoms with Crippen LogP contribution in [0.4, 0.5) is 19.0 Å².